The van der Waals surface area contributed by atoms with Crippen LogP contribution in [0.2, 0.25) is 0 Å². The van der Waals surface area contributed by atoms with Crippen LogP contribution in [0.1, 0.15) is 64.7 Å². The van der Waals surface area contributed by atoms with E-state index in [2.05, 4.69) is 17.1 Å². The van der Waals surface area contributed by atoms with Crippen LogP contribution < -0.4 is 5.32 Å². The molecule has 1 saturated heterocycles. The Morgan fingerprint density at radius 2 is 1.71 bits per heavy atom. The molecule has 17 heavy (non-hydrogen) atoms. The molecule has 2 nitrogen and oxygen atoms in total. The van der Waals surface area contributed by atoms with Crippen LogP contribution in [0.25, 0.3) is 0 Å². The van der Waals surface area contributed by atoms with Crippen molar-refractivity contribution in [3.05, 3.63) is 0 Å². The second-order valence-electron chi connectivity index (χ2n) is 6.68. The molecule has 2 saturated carbocycles. The zero-order chi connectivity index (χ0) is 11.7. The Hall–Kier alpha value is -0.0800. The summed E-state index contributed by atoms with van der Waals surface area (Å²) in [7, 11) is 0. The number of piperazine rings is 1. The molecular weight excluding hydrogens is 208 g/mol. The summed E-state index contributed by atoms with van der Waals surface area (Å²) in [6.45, 7) is 4.97. The van der Waals surface area contributed by atoms with Crippen LogP contribution in [-0.4, -0.2) is 35.6 Å². The predicted octanol–water partition coefficient (Wildman–Crippen LogP) is 2.93. The number of nitrogens with zero attached hydrogens (tertiary/aromatic N) is 1. The fourth-order valence-electron chi connectivity index (χ4n) is 4.33. The Balaban J connectivity index is 1.68. The lowest BCUT2D eigenvalue weighted by Crippen LogP contribution is -2.64. The highest BCUT2D eigenvalue weighted by Crippen LogP contribution is 2.35. The lowest BCUT2D eigenvalue weighted by atomic mass is 9.87. The van der Waals surface area contributed by atoms with Gasteiger partial charge in [0.15, 0.2) is 0 Å². The second kappa shape index (κ2) is 4.89. The van der Waals surface area contributed by atoms with Crippen molar-refractivity contribution in [2.75, 3.05) is 13.1 Å². The van der Waals surface area contributed by atoms with Gasteiger partial charge in [-0.3, -0.25) is 4.90 Å². The Bertz CT molecular complexity index is 252. The van der Waals surface area contributed by atoms with Gasteiger partial charge in [0, 0.05) is 30.7 Å². The van der Waals surface area contributed by atoms with Gasteiger partial charge in [0.2, 0.25) is 0 Å². The third-order valence-corrected chi connectivity index (χ3v) is 5.43. The van der Waals surface area contributed by atoms with Crippen molar-refractivity contribution >= 4 is 0 Å². The zero-order valence-electron chi connectivity index (χ0n) is 11.4. The van der Waals surface area contributed by atoms with E-state index >= 15 is 0 Å². The quantitative estimate of drug-likeness (QED) is 0.753. The van der Waals surface area contributed by atoms with E-state index in [9.17, 15) is 0 Å². The van der Waals surface area contributed by atoms with Crippen molar-refractivity contribution in [1.29, 1.82) is 0 Å². The van der Waals surface area contributed by atoms with Crippen LogP contribution in [0.15, 0.2) is 0 Å². The van der Waals surface area contributed by atoms with Gasteiger partial charge in [-0.15, -0.1) is 0 Å². The largest absolute Gasteiger partial charge is 0.308 e. The fourth-order valence-corrected chi connectivity index (χ4v) is 4.33. The Labute approximate surface area is 106 Å². The topological polar surface area (TPSA) is 15.3 Å². The third-order valence-electron chi connectivity index (χ3n) is 5.43. The maximum Gasteiger partial charge on any atom is 0.0309 e. The van der Waals surface area contributed by atoms with Gasteiger partial charge in [-0.25, -0.2) is 0 Å². The summed E-state index contributed by atoms with van der Waals surface area (Å²) in [4.78, 5) is 2.86. The lowest BCUT2D eigenvalue weighted by molar-refractivity contribution is 0.0357. The van der Waals surface area contributed by atoms with E-state index in [1.807, 2.05) is 0 Å². The summed E-state index contributed by atoms with van der Waals surface area (Å²) in [6, 6.07) is 1.66. The molecule has 0 amide bonds. The van der Waals surface area contributed by atoms with E-state index in [1.54, 1.807) is 0 Å². The Morgan fingerprint density at radius 3 is 2.41 bits per heavy atom. The molecule has 1 N–H and O–H groups in total. The van der Waals surface area contributed by atoms with Crippen LogP contribution in [0.3, 0.4) is 0 Å². The molecule has 1 aliphatic heterocycles. The Morgan fingerprint density at radius 1 is 1.00 bits per heavy atom. The fraction of sp³-hybridized carbons (Fsp3) is 1.00. The van der Waals surface area contributed by atoms with Crippen molar-refractivity contribution in [3.8, 4) is 0 Å². The molecule has 1 heterocycles. The van der Waals surface area contributed by atoms with Crippen LogP contribution in [0.4, 0.5) is 0 Å². The molecule has 3 aliphatic rings. The second-order valence-corrected chi connectivity index (χ2v) is 6.68. The molecule has 1 unspecified atom stereocenters. The van der Waals surface area contributed by atoms with E-state index < -0.39 is 0 Å². The normalized spacial score (nSPS) is 35.5. The lowest BCUT2D eigenvalue weighted by Gasteiger charge is -2.49. The molecule has 0 aromatic heterocycles. The molecule has 2 heteroatoms. The van der Waals surface area contributed by atoms with Gasteiger partial charge in [-0.2, -0.15) is 0 Å². The number of nitrogens with one attached hydrogen (secondary N) is 1. The predicted molar refractivity (Wildman–Crippen MR) is 72.2 cm³/mol. The summed E-state index contributed by atoms with van der Waals surface area (Å²) in [5.41, 5.74) is 0.504. The maximum atomic E-state index is 3.87. The summed E-state index contributed by atoms with van der Waals surface area (Å²) < 4.78 is 0. The molecular formula is C15H28N2. The van der Waals surface area contributed by atoms with Crippen molar-refractivity contribution in [3.63, 3.8) is 0 Å². The Kier molecular flexibility index (Phi) is 3.45. The first-order valence-electron chi connectivity index (χ1n) is 7.80. The monoisotopic (exact) mass is 236 g/mol. The minimum Gasteiger partial charge on any atom is -0.308 e. The molecule has 0 aromatic carbocycles. The van der Waals surface area contributed by atoms with Crippen molar-refractivity contribution < 1.29 is 0 Å². The van der Waals surface area contributed by atoms with Crippen LogP contribution in [-0.2, 0) is 0 Å². The van der Waals surface area contributed by atoms with E-state index in [4.69, 9.17) is 0 Å². The highest BCUT2D eigenvalue weighted by atomic mass is 15.3. The zero-order valence-corrected chi connectivity index (χ0v) is 11.4. The van der Waals surface area contributed by atoms with E-state index in [0.29, 0.717) is 5.54 Å². The molecule has 1 spiro atoms. The highest BCUT2D eigenvalue weighted by molar-refractivity contribution is 5.01. The van der Waals surface area contributed by atoms with Gasteiger partial charge in [0.05, 0.1) is 0 Å². The third kappa shape index (κ3) is 2.39. The summed E-state index contributed by atoms with van der Waals surface area (Å²) in [5, 5.41) is 3.87. The summed E-state index contributed by atoms with van der Waals surface area (Å²) in [6.07, 6.45) is 13.1. The number of hydrogen-bond acceptors (Lipinski definition) is 2. The smallest absolute Gasteiger partial charge is 0.0309 e. The number of hydrogen-bond donors (Lipinski definition) is 1. The molecule has 0 radical (unpaired) electrons. The number of rotatable bonds is 1. The van der Waals surface area contributed by atoms with E-state index in [1.165, 1.54) is 70.9 Å². The molecule has 1 atom stereocenters. The van der Waals surface area contributed by atoms with Crippen LogP contribution >= 0.6 is 0 Å². The van der Waals surface area contributed by atoms with Crippen molar-refractivity contribution in [1.82, 2.24) is 10.2 Å². The SMILES string of the molecule is CC1CNC2(CCCC2)CN1C1CCCCC1. The minimum absolute atomic E-state index is 0.504. The molecule has 3 fully saturated rings. The first-order valence-corrected chi connectivity index (χ1v) is 7.80. The first-order chi connectivity index (χ1) is 8.29. The van der Waals surface area contributed by atoms with E-state index in [-0.39, 0.29) is 0 Å². The van der Waals surface area contributed by atoms with Gasteiger partial charge in [0.1, 0.15) is 0 Å². The van der Waals surface area contributed by atoms with Crippen molar-refractivity contribution in [2.24, 2.45) is 0 Å². The molecule has 3 rings (SSSR count). The summed E-state index contributed by atoms with van der Waals surface area (Å²) >= 11 is 0. The molecule has 2 aliphatic carbocycles. The minimum atomic E-state index is 0.504. The van der Waals surface area contributed by atoms with Gasteiger partial charge < -0.3 is 5.32 Å². The van der Waals surface area contributed by atoms with Crippen molar-refractivity contribution in [2.45, 2.75) is 82.3 Å². The van der Waals surface area contributed by atoms with Gasteiger partial charge >= 0.3 is 0 Å². The van der Waals surface area contributed by atoms with Crippen LogP contribution in [0, 0.1) is 0 Å². The molecule has 0 bridgehead atoms. The van der Waals surface area contributed by atoms with E-state index in [0.717, 1.165) is 12.1 Å². The summed E-state index contributed by atoms with van der Waals surface area (Å²) in [5.74, 6) is 0. The standard InChI is InChI=1S/C15H28N2/c1-13-11-16-15(9-5-6-10-15)12-17(13)14-7-3-2-4-8-14/h13-14,16H,2-12H2,1H3. The van der Waals surface area contributed by atoms with Gasteiger partial charge in [0.25, 0.3) is 0 Å². The van der Waals surface area contributed by atoms with Crippen LogP contribution in [0.5, 0.6) is 0 Å². The highest BCUT2D eigenvalue weighted by Gasteiger charge is 2.41. The molecule has 0 aromatic rings. The van der Waals surface area contributed by atoms with Gasteiger partial charge in [-0.1, -0.05) is 32.1 Å². The average Bonchev–Trinajstić information content (AvgIpc) is 2.82. The maximum absolute atomic E-state index is 3.87. The first kappa shape index (κ1) is 12.0. The van der Waals surface area contributed by atoms with Gasteiger partial charge in [-0.05, 0) is 32.6 Å². The molecule has 98 valence electrons. The average molecular weight is 236 g/mol.